The van der Waals surface area contributed by atoms with E-state index in [-0.39, 0.29) is 12.4 Å². The van der Waals surface area contributed by atoms with E-state index in [0.29, 0.717) is 9.71 Å². The number of hydrogen-bond donors (Lipinski definition) is 1. The molecule has 10 nitrogen and oxygen atoms in total. The number of hydrogen-bond acceptors (Lipinski definition) is 10. The van der Waals surface area contributed by atoms with Crippen LogP contribution in [-0.4, -0.2) is 46.6 Å². The molecule has 12 heteroatoms. The molecule has 0 saturated heterocycles. The van der Waals surface area contributed by atoms with Gasteiger partial charge in [0.25, 0.3) is 5.56 Å². The predicted molar refractivity (Wildman–Crippen MR) is 132 cm³/mol. The van der Waals surface area contributed by atoms with Crippen molar-refractivity contribution in [1.29, 1.82) is 0 Å². The summed E-state index contributed by atoms with van der Waals surface area (Å²) in [5, 5.41) is 0.813. The quantitative estimate of drug-likeness (QED) is 0.302. The van der Waals surface area contributed by atoms with Crippen molar-refractivity contribution in [1.82, 2.24) is 14.1 Å². The maximum absolute atomic E-state index is 12.8. The number of nitrogens with two attached hydrogens (primary N) is 1. The minimum atomic E-state index is -0.843. The molecule has 34 heavy (non-hydrogen) atoms. The first-order valence-corrected chi connectivity index (χ1v) is 11.7. The second-order valence-corrected chi connectivity index (χ2v) is 9.69. The lowest BCUT2D eigenvalue weighted by molar-refractivity contribution is 0.0479. The lowest BCUT2D eigenvalue weighted by atomic mass is 10.2. The zero-order valence-corrected chi connectivity index (χ0v) is 20.2. The molecule has 0 aliphatic carbocycles. The van der Waals surface area contributed by atoms with Crippen LogP contribution in [0.1, 0.15) is 25.6 Å². The van der Waals surface area contributed by atoms with E-state index in [1.807, 2.05) is 25.1 Å². The van der Waals surface area contributed by atoms with E-state index >= 15 is 0 Å². The average Bonchev–Trinajstić information content (AvgIpc) is 3.40. The number of esters is 1. The lowest BCUT2D eigenvalue weighted by Crippen LogP contribution is -2.43. The first kappa shape index (κ1) is 23.4. The Morgan fingerprint density at radius 3 is 2.50 bits per heavy atom. The van der Waals surface area contributed by atoms with Gasteiger partial charge in [-0.25, -0.2) is 14.6 Å². The summed E-state index contributed by atoms with van der Waals surface area (Å²) in [6.07, 6.45) is 0. The summed E-state index contributed by atoms with van der Waals surface area (Å²) in [4.78, 5) is 57.9. The SMILES string of the molecule is CN(C)c1nc2sc(C(=O)OCC(=O)c3c(N)n(Cc4ccccc4)c(=O)n(C)c3=O)cc2s1. The Kier molecular flexibility index (Phi) is 6.35. The van der Waals surface area contributed by atoms with E-state index in [0.717, 1.165) is 35.9 Å². The van der Waals surface area contributed by atoms with Crippen LogP contribution in [0.2, 0.25) is 0 Å². The number of carbonyl (C=O) groups is 2. The Morgan fingerprint density at radius 1 is 1.15 bits per heavy atom. The Morgan fingerprint density at radius 2 is 1.85 bits per heavy atom. The number of benzene rings is 1. The van der Waals surface area contributed by atoms with Gasteiger partial charge >= 0.3 is 11.7 Å². The maximum atomic E-state index is 12.8. The first-order chi connectivity index (χ1) is 16.2. The molecule has 176 valence electrons. The second kappa shape index (κ2) is 9.23. The van der Waals surface area contributed by atoms with Crippen LogP contribution in [0.4, 0.5) is 10.9 Å². The van der Waals surface area contributed by atoms with Crippen LogP contribution in [0.5, 0.6) is 0 Å². The summed E-state index contributed by atoms with van der Waals surface area (Å²) in [6.45, 7) is -0.614. The van der Waals surface area contributed by atoms with Crippen LogP contribution in [0, 0.1) is 0 Å². The van der Waals surface area contributed by atoms with Gasteiger partial charge in [-0.05, 0) is 11.6 Å². The van der Waals surface area contributed by atoms with Crippen molar-refractivity contribution in [2.24, 2.45) is 7.05 Å². The molecule has 0 aliphatic heterocycles. The molecule has 0 saturated carbocycles. The van der Waals surface area contributed by atoms with E-state index in [1.54, 1.807) is 30.3 Å². The summed E-state index contributed by atoms with van der Waals surface area (Å²) in [7, 11) is 5.02. The minimum absolute atomic E-state index is 0.0769. The van der Waals surface area contributed by atoms with Crippen LogP contribution in [-0.2, 0) is 18.3 Å². The number of aromatic nitrogens is 3. The van der Waals surface area contributed by atoms with Crippen LogP contribution in [0.3, 0.4) is 0 Å². The van der Waals surface area contributed by atoms with Crippen molar-refractivity contribution < 1.29 is 14.3 Å². The number of thiazole rings is 1. The van der Waals surface area contributed by atoms with Gasteiger partial charge in [0.05, 0.1) is 11.2 Å². The Bertz CT molecular complexity index is 1480. The minimum Gasteiger partial charge on any atom is -0.453 e. The van der Waals surface area contributed by atoms with Crippen LogP contribution in [0.25, 0.3) is 9.53 Å². The van der Waals surface area contributed by atoms with Crippen molar-refractivity contribution in [3.8, 4) is 0 Å². The number of anilines is 2. The summed E-state index contributed by atoms with van der Waals surface area (Å²) in [5.41, 5.74) is 4.96. The van der Waals surface area contributed by atoms with E-state index in [9.17, 15) is 19.2 Å². The molecular weight excluding hydrogens is 478 g/mol. The van der Waals surface area contributed by atoms with Crippen molar-refractivity contribution in [2.45, 2.75) is 6.54 Å². The smallest absolute Gasteiger partial charge is 0.348 e. The number of rotatable bonds is 7. The van der Waals surface area contributed by atoms with E-state index in [1.165, 1.54) is 18.4 Å². The van der Waals surface area contributed by atoms with Gasteiger partial charge in [-0.1, -0.05) is 41.7 Å². The monoisotopic (exact) mass is 499 g/mol. The summed E-state index contributed by atoms with van der Waals surface area (Å²) >= 11 is 2.59. The molecule has 0 amide bonds. The molecule has 2 N–H and O–H groups in total. The standard InChI is InChI=1S/C22H21N5O5S2/c1-25(2)21-24-18-14(34-21)9-15(33-18)20(30)32-11-13(28)16-17(23)27(22(31)26(3)19(16)29)10-12-7-5-4-6-8-12/h4-9H,10-11,23H2,1-3H3. The molecule has 0 atom stereocenters. The van der Waals surface area contributed by atoms with Gasteiger partial charge in [0.2, 0.25) is 5.78 Å². The number of ketones is 1. The molecule has 4 aromatic rings. The molecule has 1 aromatic carbocycles. The zero-order chi connectivity index (χ0) is 24.6. The highest BCUT2D eigenvalue weighted by atomic mass is 32.1. The number of thiophene rings is 1. The van der Waals surface area contributed by atoms with E-state index in [2.05, 4.69) is 4.98 Å². The van der Waals surface area contributed by atoms with Gasteiger partial charge in [-0.3, -0.25) is 18.7 Å². The molecule has 0 bridgehead atoms. The van der Waals surface area contributed by atoms with E-state index < -0.39 is 35.2 Å². The van der Waals surface area contributed by atoms with Crippen LogP contribution in [0.15, 0.2) is 46.0 Å². The zero-order valence-electron chi connectivity index (χ0n) is 18.6. The fraction of sp³-hybridized carbons (Fsp3) is 0.227. The number of Topliss-reactive ketones (excluding diaryl/α,β-unsaturated/α-hetero) is 1. The van der Waals surface area contributed by atoms with Crippen LogP contribution >= 0.6 is 22.7 Å². The van der Waals surface area contributed by atoms with Crippen molar-refractivity contribution in [3.05, 3.63) is 73.2 Å². The predicted octanol–water partition coefficient (Wildman–Crippen LogP) is 1.95. The topological polar surface area (TPSA) is 130 Å². The largest absolute Gasteiger partial charge is 0.453 e. The Labute approximate surface area is 201 Å². The van der Waals surface area contributed by atoms with Gasteiger partial charge in [0.15, 0.2) is 11.7 Å². The average molecular weight is 500 g/mol. The number of fused-ring (bicyclic) bond motifs is 1. The number of nitrogen functional groups attached to an aromatic ring is 1. The van der Waals surface area contributed by atoms with Gasteiger partial charge in [-0.2, -0.15) is 0 Å². The number of nitrogens with zero attached hydrogens (tertiary/aromatic N) is 4. The molecule has 0 radical (unpaired) electrons. The fourth-order valence-corrected chi connectivity index (χ4v) is 5.28. The molecule has 3 heterocycles. The Hall–Kier alpha value is -3.77. The van der Waals surface area contributed by atoms with Gasteiger partial charge in [0.1, 0.15) is 21.1 Å². The van der Waals surface area contributed by atoms with E-state index in [4.69, 9.17) is 10.5 Å². The Balaban J connectivity index is 1.55. The summed E-state index contributed by atoms with van der Waals surface area (Å²) in [6, 6.07) is 10.7. The third-order valence-electron chi connectivity index (χ3n) is 5.04. The fourth-order valence-electron chi connectivity index (χ4n) is 3.25. The van der Waals surface area contributed by atoms with Gasteiger partial charge in [0, 0.05) is 21.1 Å². The lowest BCUT2D eigenvalue weighted by Gasteiger charge is -2.14. The van der Waals surface area contributed by atoms with Crippen molar-refractivity contribution >= 4 is 54.9 Å². The first-order valence-electron chi connectivity index (χ1n) is 10.1. The summed E-state index contributed by atoms with van der Waals surface area (Å²) in [5.74, 6) is -1.77. The highest BCUT2D eigenvalue weighted by Crippen LogP contribution is 2.34. The third kappa shape index (κ3) is 4.37. The van der Waals surface area contributed by atoms with Crippen molar-refractivity contribution in [3.63, 3.8) is 0 Å². The molecule has 3 aromatic heterocycles. The molecule has 0 unspecified atom stereocenters. The highest BCUT2D eigenvalue weighted by Gasteiger charge is 2.24. The highest BCUT2D eigenvalue weighted by molar-refractivity contribution is 7.29. The third-order valence-corrected chi connectivity index (χ3v) is 7.35. The molecule has 4 rings (SSSR count). The summed E-state index contributed by atoms with van der Waals surface area (Å²) < 4.78 is 7.95. The second-order valence-electron chi connectivity index (χ2n) is 7.65. The molecular formula is C22H21N5O5S2. The normalized spacial score (nSPS) is 11.0. The molecule has 0 fully saturated rings. The number of carbonyl (C=O) groups excluding carboxylic acids is 2. The van der Waals surface area contributed by atoms with Crippen LogP contribution < -0.4 is 21.9 Å². The number of ether oxygens (including phenoxy) is 1. The van der Waals surface area contributed by atoms with Crippen molar-refractivity contribution in [2.75, 3.05) is 31.3 Å². The maximum Gasteiger partial charge on any atom is 0.348 e. The van der Waals surface area contributed by atoms with Gasteiger partial charge in [-0.15, -0.1) is 11.3 Å². The molecule has 0 aliphatic rings. The molecule has 0 spiro atoms. The van der Waals surface area contributed by atoms with Gasteiger partial charge < -0.3 is 15.4 Å².